The van der Waals surface area contributed by atoms with Crippen molar-refractivity contribution in [1.29, 1.82) is 0 Å². The van der Waals surface area contributed by atoms with Crippen LogP contribution in [0.4, 0.5) is 4.39 Å². The van der Waals surface area contributed by atoms with Crippen LogP contribution in [-0.4, -0.2) is 35.0 Å². The van der Waals surface area contributed by atoms with E-state index in [1.54, 1.807) is 0 Å². The van der Waals surface area contributed by atoms with E-state index in [-0.39, 0.29) is 30.8 Å². The van der Waals surface area contributed by atoms with Crippen molar-refractivity contribution in [2.75, 3.05) is 6.54 Å². The van der Waals surface area contributed by atoms with Gasteiger partial charge in [-0.15, -0.1) is 23.2 Å². The Kier molecular flexibility index (Phi) is 3.34. The third-order valence-corrected chi connectivity index (χ3v) is 4.11. The molecule has 1 saturated heterocycles. The van der Waals surface area contributed by atoms with Crippen LogP contribution in [-0.2, 0) is 4.79 Å². The number of halogens is 3. The number of alkyl halides is 3. The van der Waals surface area contributed by atoms with E-state index >= 15 is 0 Å². The molecule has 0 radical (unpaired) electrons. The first kappa shape index (κ1) is 12.4. The molecule has 2 aliphatic rings. The number of carbonyl (C=O) groups excluding carboxylic acids is 1. The molecule has 92 valence electrons. The highest BCUT2D eigenvalue weighted by Gasteiger charge is 2.54. The molecule has 2 N–H and O–H groups in total. The third-order valence-electron chi connectivity index (χ3n) is 3.24. The summed E-state index contributed by atoms with van der Waals surface area (Å²) in [6, 6.07) is -0.487. The Hall–Kier alpha value is -0.0600. The highest BCUT2D eigenvalue weighted by molar-refractivity contribution is 6.50. The lowest BCUT2D eigenvalue weighted by Crippen LogP contribution is -2.45. The molecule has 16 heavy (non-hydrogen) atoms. The van der Waals surface area contributed by atoms with Crippen LogP contribution in [0, 0.1) is 5.92 Å². The van der Waals surface area contributed by atoms with Crippen LogP contribution in [0.25, 0.3) is 0 Å². The quantitative estimate of drug-likeness (QED) is 0.760. The van der Waals surface area contributed by atoms with Gasteiger partial charge in [0, 0.05) is 24.9 Å². The highest BCUT2D eigenvalue weighted by atomic mass is 35.5. The Morgan fingerprint density at radius 1 is 1.62 bits per heavy atom. The average molecular weight is 269 g/mol. The van der Waals surface area contributed by atoms with Gasteiger partial charge in [0.25, 0.3) is 0 Å². The fourth-order valence-corrected chi connectivity index (χ4v) is 2.81. The van der Waals surface area contributed by atoms with E-state index in [1.807, 2.05) is 6.92 Å². The molecule has 2 rings (SSSR count). The zero-order valence-electron chi connectivity index (χ0n) is 8.97. The summed E-state index contributed by atoms with van der Waals surface area (Å²) in [6.07, 6.45) is 0.0180. The number of nitrogens with one attached hydrogen (secondary N) is 2. The van der Waals surface area contributed by atoms with E-state index in [9.17, 15) is 9.18 Å². The molecule has 0 aromatic heterocycles. The Morgan fingerprint density at radius 2 is 2.25 bits per heavy atom. The van der Waals surface area contributed by atoms with Crippen LogP contribution in [0.2, 0.25) is 0 Å². The summed E-state index contributed by atoms with van der Waals surface area (Å²) in [4.78, 5) is 11.7. The molecule has 6 heteroatoms. The standard InChI is InChI=1S/C10H15Cl2FN2O/c1-5(7-3-10(7,11)12)15-9(16)8-2-6(13)4-14-8/h5-8,14H,2-4H2,1H3,(H,15,16)/t5-,6-,7-,8+/m1/s1. The molecule has 1 heterocycles. The summed E-state index contributed by atoms with van der Waals surface area (Å²) in [6.45, 7) is 2.13. The van der Waals surface area contributed by atoms with E-state index in [1.165, 1.54) is 0 Å². The summed E-state index contributed by atoms with van der Waals surface area (Å²) in [5, 5.41) is 5.66. The number of hydrogen-bond acceptors (Lipinski definition) is 2. The molecular weight excluding hydrogens is 254 g/mol. The summed E-state index contributed by atoms with van der Waals surface area (Å²) < 4.78 is 12.2. The van der Waals surface area contributed by atoms with Crippen molar-refractivity contribution in [2.45, 2.75) is 42.4 Å². The van der Waals surface area contributed by atoms with Gasteiger partial charge in [0.15, 0.2) is 0 Å². The van der Waals surface area contributed by atoms with Crippen molar-refractivity contribution >= 4 is 29.1 Å². The van der Waals surface area contributed by atoms with Crippen LogP contribution in [0.1, 0.15) is 19.8 Å². The maximum atomic E-state index is 12.9. The molecule has 1 aliphatic heterocycles. The first-order valence-corrected chi connectivity index (χ1v) is 6.21. The fraction of sp³-hybridized carbons (Fsp3) is 0.900. The molecule has 0 unspecified atom stereocenters. The smallest absolute Gasteiger partial charge is 0.237 e. The number of hydrogen-bond donors (Lipinski definition) is 2. The maximum absolute atomic E-state index is 12.9. The molecule has 2 fully saturated rings. The minimum Gasteiger partial charge on any atom is -0.352 e. The van der Waals surface area contributed by atoms with Crippen molar-refractivity contribution in [3.05, 3.63) is 0 Å². The fourth-order valence-electron chi connectivity index (χ4n) is 2.09. The van der Waals surface area contributed by atoms with Crippen molar-refractivity contribution in [3.63, 3.8) is 0 Å². The zero-order chi connectivity index (χ0) is 11.9. The number of carbonyl (C=O) groups is 1. The molecule has 1 amide bonds. The van der Waals surface area contributed by atoms with Crippen LogP contribution >= 0.6 is 23.2 Å². The Bertz CT molecular complexity index is 301. The first-order chi connectivity index (χ1) is 7.40. The molecule has 4 atom stereocenters. The van der Waals surface area contributed by atoms with Gasteiger partial charge in [0.05, 0.1) is 6.04 Å². The Labute approximate surface area is 104 Å². The topological polar surface area (TPSA) is 41.1 Å². The van der Waals surface area contributed by atoms with Gasteiger partial charge in [-0.1, -0.05) is 0 Å². The molecule has 0 bridgehead atoms. The van der Waals surface area contributed by atoms with Crippen LogP contribution in [0.15, 0.2) is 0 Å². The van der Waals surface area contributed by atoms with Crippen LogP contribution in [0.3, 0.4) is 0 Å². The summed E-state index contributed by atoms with van der Waals surface area (Å²) >= 11 is 11.8. The lowest BCUT2D eigenvalue weighted by Gasteiger charge is -2.17. The summed E-state index contributed by atoms with van der Waals surface area (Å²) in [7, 11) is 0. The number of rotatable bonds is 3. The minimum absolute atomic E-state index is 0.0667. The van der Waals surface area contributed by atoms with Crippen molar-refractivity contribution in [1.82, 2.24) is 10.6 Å². The second-order valence-corrected chi connectivity index (χ2v) is 6.21. The van der Waals surface area contributed by atoms with Crippen molar-refractivity contribution in [2.24, 2.45) is 5.92 Å². The Balaban J connectivity index is 1.79. The molecule has 1 aliphatic carbocycles. The molecule has 3 nitrogen and oxygen atoms in total. The lowest BCUT2D eigenvalue weighted by atomic mass is 10.1. The second-order valence-electron chi connectivity index (χ2n) is 4.66. The molecule has 0 spiro atoms. The molecule has 1 saturated carbocycles. The molecule has 0 aromatic carbocycles. The lowest BCUT2D eigenvalue weighted by molar-refractivity contribution is -0.123. The predicted molar refractivity (Wildman–Crippen MR) is 61.5 cm³/mol. The first-order valence-electron chi connectivity index (χ1n) is 5.46. The summed E-state index contributed by atoms with van der Waals surface area (Å²) in [5.41, 5.74) is 0. The van der Waals surface area contributed by atoms with E-state index < -0.39 is 16.5 Å². The van der Waals surface area contributed by atoms with E-state index in [4.69, 9.17) is 23.2 Å². The average Bonchev–Trinajstić information content (AvgIpc) is 2.62. The third kappa shape index (κ3) is 2.60. The van der Waals surface area contributed by atoms with Gasteiger partial charge < -0.3 is 10.6 Å². The second kappa shape index (κ2) is 4.31. The van der Waals surface area contributed by atoms with Gasteiger partial charge in [0.1, 0.15) is 10.5 Å². The maximum Gasteiger partial charge on any atom is 0.237 e. The Morgan fingerprint density at radius 3 is 2.69 bits per heavy atom. The normalized spacial score (nSPS) is 38.1. The van der Waals surface area contributed by atoms with Crippen molar-refractivity contribution < 1.29 is 9.18 Å². The van der Waals surface area contributed by atoms with E-state index in [0.717, 1.165) is 0 Å². The largest absolute Gasteiger partial charge is 0.352 e. The number of amides is 1. The van der Waals surface area contributed by atoms with Gasteiger partial charge >= 0.3 is 0 Å². The van der Waals surface area contributed by atoms with Gasteiger partial charge in [-0.05, 0) is 13.3 Å². The van der Waals surface area contributed by atoms with E-state index in [0.29, 0.717) is 6.42 Å². The van der Waals surface area contributed by atoms with Gasteiger partial charge in [0.2, 0.25) is 5.91 Å². The summed E-state index contributed by atoms with van der Waals surface area (Å²) in [5.74, 6) is -0.0638. The highest BCUT2D eigenvalue weighted by Crippen LogP contribution is 2.54. The van der Waals surface area contributed by atoms with Gasteiger partial charge in [-0.2, -0.15) is 0 Å². The van der Waals surface area contributed by atoms with Crippen LogP contribution in [0.5, 0.6) is 0 Å². The zero-order valence-corrected chi connectivity index (χ0v) is 10.5. The van der Waals surface area contributed by atoms with Crippen molar-refractivity contribution in [3.8, 4) is 0 Å². The van der Waals surface area contributed by atoms with Gasteiger partial charge in [-0.3, -0.25) is 4.79 Å². The minimum atomic E-state index is -0.924. The van der Waals surface area contributed by atoms with Crippen LogP contribution < -0.4 is 10.6 Å². The van der Waals surface area contributed by atoms with Gasteiger partial charge in [-0.25, -0.2) is 4.39 Å². The SMILES string of the molecule is C[C@@H](NC(=O)[C@@H]1C[C@@H](F)CN1)[C@H]1CC1(Cl)Cl. The molecule has 0 aromatic rings. The molecular formula is C10H15Cl2FN2O. The van der Waals surface area contributed by atoms with E-state index in [2.05, 4.69) is 10.6 Å². The monoisotopic (exact) mass is 268 g/mol. The predicted octanol–water partition coefficient (Wildman–Crippen LogP) is 1.38.